The largest absolute Gasteiger partial charge is 0.471 e. The van der Waals surface area contributed by atoms with E-state index in [0.717, 1.165) is 39.9 Å². The molecule has 4 aromatic rings. The number of aromatic nitrogens is 2. The predicted molar refractivity (Wildman–Crippen MR) is 123 cm³/mol. The number of hydrogen-bond donors (Lipinski definition) is 2. The van der Waals surface area contributed by atoms with E-state index < -0.39 is 30.3 Å². The normalized spacial score (nSPS) is 13.4. The number of rotatable bonds is 7. The third-order valence-electron chi connectivity index (χ3n) is 5.68. The molecular weight excluding hydrogens is 486 g/mol. The van der Waals surface area contributed by atoms with Gasteiger partial charge >= 0.3 is 12.4 Å². The lowest BCUT2D eigenvalue weighted by Gasteiger charge is -2.23. The molecule has 1 unspecified atom stereocenters. The molecule has 10 heteroatoms. The Kier molecular flexibility index (Phi) is 6.99. The van der Waals surface area contributed by atoms with E-state index in [0.29, 0.717) is 24.2 Å². The Hall–Kier alpha value is -3.53. The first-order chi connectivity index (χ1) is 16.9. The van der Waals surface area contributed by atoms with Gasteiger partial charge in [-0.15, -0.1) is 0 Å². The summed E-state index contributed by atoms with van der Waals surface area (Å²) in [6.45, 7) is 1.70. The molecule has 0 saturated carbocycles. The van der Waals surface area contributed by atoms with Crippen molar-refractivity contribution >= 4 is 11.0 Å². The lowest BCUT2D eigenvalue weighted by atomic mass is 9.96. The summed E-state index contributed by atoms with van der Waals surface area (Å²) in [5.41, 5.74) is 4.86. The Bertz CT molecular complexity index is 1310. The molecule has 0 saturated heterocycles. The van der Waals surface area contributed by atoms with Gasteiger partial charge in [0.2, 0.25) is 0 Å². The minimum absolute atomic E-state index is 0.458. The fourth-order valence-corrected chi connectivity index (χ4v) is 3.92. The molecule has 0 aliphatic carbocycles. The second-order valence-electron chi connectivity index (χ2n) is 8.40. The molecule has 0 aliphatic heterocycles. The third-order valence-corrected chi connectivity index (χ3v) is 5.68. The number of aryl methyl sites for hydroxylation is 2. The quantitative estimate of drug-likeness (QED) is 0.266. The number of aliphatic hydroxyl groups is 1. The van der Waals surface area contributed by atoms with E-state index in [2.05, 4.69) is 14.7 Å². The molecule has 1 heterocycles. The van der Waals surface area contributed by atoms with Crippen molar-refractivity contribution < 1.29 is 36.2 Å². The summed E-state index contributed by atoms with van der Waals surface area (Å²) in [7, 11) is 0. The average Bonchev–Trinajstić information content (AvgIpc) is 3.22. The van der Waals surface area contributed by atoms with Gasteiger partial charge in [-0.05, 0) is 59.9 Å². The summed E-state index contributed by atoms with van der Waals surface area (Å²) in [5.74, 6) is 0.160. The van der Waals surface area contributed by atoms with E-state index >= 15 is 0 Å². The fourth-order valence-electron chi connectivity index (χ4n) is 3.92. The number of nitrogens with one attached hydrogen (secondary N) is 1. The minimum atomic E-state index is -5.57. The summed E-state index contributed by atoms with van der Waals surface area (Å²) >= 11 is 0. The average molecular weight is 508 g/mol. The zero-order valence-electron chi connectivity index (χ0n) is 19.0. The molecule has 0 spiro atoms. The van der Waals surface area contributed by atoms with E-state index in [-0.39, 0.29) is 0 Å². The van der Waals surface area contributed by atoms with Crippen molar-refractivity contribution in [1.29, 1.82) is 0 Å². The van der Waals surface area contributed by atoms with Crippen LogP contribution in [-0.4, -0.2) is 33.5 Å². The Labute approximate surface area is 202 Å². The number of H-pyrrole nitrogens is 1. The Morgan fingerprint density at radius 3 is 2.19 bits per heavy atom. The van der Waals surface area contributed by atoms with Crippen LogP contribution in [0.2, 0.25) is 0 Å². The maximum atomic E-state index is 12.7. The first kappa shape index (κ1) is 25.6. The molecule has 0 aliphatic rings. The van der Waals surface area contributed by atoms with Crippen molar-refractivity contribution in [1.82, 2.24) is 9.97 Å². The van der Waals surface area contributed by atoms with Gasteiger partial charge in [0.25, 0.3) is 6.10 Å². The van der Waals surface area contributed by atoms with Gasteiger partial charge in [0, 0.05) is 6.42 Å². The highest BCUT2D eigenvalue weighted by atomic mass is 19.4. The lowest BCUT2D eigenvalue weighted by molar-refractivity contribution is -0.299. The lowest BCUT2D eigenvalue weighted by Crippen LogP contribution is -2.46. The molecule has 1 atom stereocenters. The van der Waals surface area contributed by atoms with E-state index in [9.17, 15) is 31.4 Å². The van der Waals surface area contributed by atoms with Crippen LogP contribution >= 0.6 is 0 Å². The summed E-state index contributed by atoms with van der Waals surface area (Å²) in [6, 6.07) is 18.3. The van der Waals surface area contributed by atoms with Crippen molar-refractivity contribution in [3.05, 3.63) is 83.7 Å². The number of benzene rings is 3. The third kappa shape index (κ3) is 5.81. The van der Waals surface area contributed by atoms with Crippen molar-refractivity contribution in [2.45, 2.75) is 44.3 Å². The zero-order chi connectivity index (χ0) is 26.1. The topological polar surface area (TPSA) is 58.1 Å². The van der Waals surface area contributed by atoms with Gasteiger partial charge in [-0.1, -0.05) is 42.5 Å². The number of imidazole rings is 1. The monoisotopic (exact) mass is 508 g/mol. The molecule has 4 nitrogen and oxygen atoms in total. The van der Waals surface area contributed by atoms with Gasteiger partial charge in [-0.2, -0.15) is 26.3 Å². The van der Waals surface area contributed by atoms with Crippen LogP contribution in [-0.2, 0) is 12.8 Å². The first-order valence-electron chi connectivity index (χ1n) is 11.1. The molecule has 3 aromatic carbocycles. The van der Waals surface area contributed by atoms with Gasteiger partial charge in [0.15, 0.2) is 0 Å². The van der Waals surface area contributed by atoms with E-state index in [1.165, 1.54) is 12.1 Å². The van der Waals surface area contributed by atoms with Gasteiger partial charge < -0.3 is 14.8 Å². The highest BCUT2D eigenvalue weighted by molar-refractivity contribution is 5.83. The summed E-state index contributed by atoms with van der Waals surface area (Å²) in [5, 5.41) is 10.1. The van der Waals surface area contributed by atoms with Gasteiger partial charge in [0.05, 0.1) is 17.1 Å². The Balaban J connectivity index is 1.45. The van der Waals surface area contributed by atoms with Crippen molar-refractivity contribution in [2.75, 3.05) is 0 Å². The molecule has 4 rings (SSSR count). The minimum Gasteiger partial charge on any atom is -0.471 e. The van der Waals surface area contributed by atoms with Crippen LogP contribution in [0.25, 0.3) is 22.2 Å². The predicted octanol–water partition coefficient (Wildman–Crippen LogP) is 6.94. The van der Waals surface area contributed by atoms with Crippen LogP contribution in [0.15, 0.2) is 66.7 Å². The highest BCUT2D eigenvalue weighted by Crippen LogP contribution is 2.36. The van der Waals surface area contributed by atoms with Crippen LogP contribution in [0.3, 0.4) is 0 Å². The number of nitrogens with zero attached hydrogens (tertiary/aromatic N) is 1. The van der Waals surface area contributed by atoms with Crippen LogP contribution in [0, 0.1) is 0 Å². The molecule has 0 bridgehead atoms. The number of ether oxygens (including phenoxy) is 1. The van der Waals surface area contributed by atoms with Gasteiger partial charge in [-0.3, -0.25) is 0 Å². The smallest absolute Gasteiger partial charge is 0.434 e. The van der Waals surface area contributed by atoms with E-state index in [4.69, 9.17) is 0 Å². The van der Waals surface area contributed by atoms with Gasteiger partial charge in [-0.25, -0.2) is 4.98 Å². The zero-order valence-corrected chi connectivity index (χ0v) is 19.0. The maximum Gasteiger partial charge on any atom is 0.434 e. The first-order valence-corrected chi connectivity index (χ1v) is 11.1. The van der Waals surface area contributed by atoms with Crippen molar-refractivity contribution in [2.24, 2.45) is 0 Å². The maximum absolute atomic E-state index is 12.7. The molecule has 190 valence electrons. The molecule has 1 aromatic heterocycles. The molecule has 2 N–H and O–H groups in total. The standard InChI is InChI=1S/C26H22F6N2O2/c1-15(35)19-4-2-3-5-20(19)17-9-12-21-22(14-17)34-23(33-21)13-8-16-6-10-18(11-7-16)36-24(25(27,28)29)26(30,31)32/h2-7,9-12,14-15,24,35H,8,13H2,1H3,(H,33,34). The van der Waals surface area contributed by atoms with Crippen LogP contribution in [0.5, 0.6) is 5.75 Å². The highest BCUT2D eigenvalue weighted by Gasteiger charge is 2.59. The van der Waals surface area contributed by atoms with E-state index in [1.54, 1.807) is 6.92 Å². The second kappa shape index (κ2) is 9.85. The second-order valence-corrected chi connectivity index (χ2v) is 8.40. The Morgan fingerprint density at radius 1 is 0.889 bits per heavy atom. The summed E-state index contributed by atoms with van der Waals surface area (Å²) in [6.07, 6.45) is -14.7. The van der Waals surface area contributed by atoms with Crippen LogP contribution in [0.4, 0.5) is 26.3 Å². The van der Waals surface area contributed by atoms with Crippen LogP contribution < -0.4 is 4.74 Å². The Morgan fingerprint density at radius 2 is 1.56 bits per heavy atom. The number of hydrogen-bond acceptors (Lipinski definition) is 3. The van der Waals surface area contributed by atoms with Crippen LogP contribution in [0.1, 0.15) is 30.0 Å². The number of aliphatic hydroxyl groups excluding tert-OH is 1. The fraction of sp³-hybridized carbons (Fsp3) is 0.269. The molecule has 0 fully saturated rings. The number of halogens is 6. The number of aromatic amines is 1. The number of fused-ring (bicyclic) bond motifs is 1. The van der Waals surface area contributed by atoms with Gasteiger partial charge in [0.1, 0.15) is 11.6 Å². The number of alkyl halides is 6. The molecule has 0 amide bonds. The van der Waals surface area contributed by atoms with E-state index in [1.807, 2.05) is 42.5 Å². The molecule has 0 radical (unpaired) electrons. The molecular formula is C26H22F6N2O2. The van der Waals surface area contributed by atoms with Crippen molar-refractivity contribution in [3.63, 3.8) is 0 Å². The molecule has 36 heavy (non-hydrogen) atoms. The SMILES string of the molecule is CC(O)c1ccccc1-c1ccc2[nH]c(CCc3ccc(OC(C(F)(F)F)C(F)(F)F)cc3)nc2c1. The van der Waals surface area contributed by atoms with Crippen molar-refractivity contribution in [3.8, 4) is 16.9 Å². The summed E-state index contributed by atoms with van der Waals surface area (Å²) < 4.78 is 80.3. The summed E-state index contributed by atoms with van der Waals surface area (Å²) in [4.78, 5) is 7.82.